The van der Waals surface area contributed by atoms with Crippen molar-refractivity contribution in [2.45, 2.75) is 45.7 Å². The Bertz CT molecular complexity index is 816. The molecule has 2 heterocycles. The number of benzene rings is 1. The molecule has 0 radical (unpaired) electrons. The van der Waals surface area contributed by atoms with Gasteiger partial charge in [0.2, 0.25) is 10.0 Å². The summed E-state index contributed by atoms with van der Waals surface area (Å²) < 4.78 is 31.1. The summed E-state index contributed by atoms with van der Waals surface area (Å²) in [6.07, 6.45) is 2.56. The van der Waals surface area contributed by atoms with Gasteiger partial charge in [-0.2, -0.15) is 4.31 Å². The summed E-state index contributed by atoms with van der Waals surface area (Å²) in [4.78, 5) is 14.5. The van der Waals surface area contributed by atoms with Crippen LogP contribution >= 0.6 is 0 Å². The predicted octanol–water partition coefficient (Wildman–Crippen LogP) is 2.19. The van der Waals surface area contributed by atoms with Crippen LogP contribution in [0.5, 0.6) is 5.75 Å². The Morgan fingerprint density at radius 2 is 1.96 bits per heavy atom. The van der Waals surface area contributed by atoms with Gasteiger partial charge in [-0.05, 0) is 37.8 Å². The fourth-order valence-corrected chi connectivity index (χ4v) is 5.24. The van der Waals surface area contributed by atoms with Gasteiger partial charge in [0, 0.05) is 31.2 Å². The summed E-state index contributed by atoms with van der Waals surface area (Å²) in [6, 6.07) is 3.78. The molecule has 0 aromatic heterocycles. The summed E-state index contributed by atoms with van der Waals surface area (Å²) in [5, 5.41) is 3.07. The van der Waals surface area contributed by atoms with Crippen LogP contribution in [0.1, 0.15) is 42.5 Å². The van der Waals surface area contributed by atoms with Crippen molar-refractivity contribution in [2.24, 2.45) is 0 Å². The molecule has 0 bridgehead atoms. The number of aryl methyl sites for hydroxylation is 1. The Balaban J connectivity index is 1.60. The van der Waals surface area contributed by atoms with E-state index in [0.717, 1.165) is 16.9 Å². The number of rotatable bonds is 4. The van der Waals surface area contributed by atoms with Gasteiger partial charge in [-0.25, -0.2) is 13.2 Å². The van der Waals surface area contributed by atoms with Gasteiger partial charge < -0.3 is 15.0 Å². The van der Waals surface area contributed by atoms with Crippen molar-refractivity contribution in [2.75, 3.05) is 32.5 Å². The number of carbonyl (C=O) groups excluding carboxylic acids is 1. The zero-order valence-corrected chi connectivity index (χ0v) is 17.3. The largest absolute Gasteiger partial charge is 0.490 e. The highest BCUT2D eigenvalue weighted by molar-refractivity contribution is 7.88. The van der Waals surface area contributed by atoms with Gasteiger partial charge in [0.05, 0.1) is 12.3 Å². The fraction of sp³-hybridized carbons (Fsp3) is 0.632. The van der Waals surface area contributed by atoms with Crippen LogP contribution in [0.15, 0.2) is 12.1 Å². The zero-order chi connectivity index (χ0) is 19.8. The van der Waals surface area contributed by atoms with Crippen LogP contribution in [0.25, 0.3) is 0 Å². The van der Waals surface area contributed by atoms with Crippen LogP contribution < -0.4 is 10.1 Å². The van der Waals surface area contributed by atoms with E-state index in [2.05, 4.69) is 11.4 Å². The Morgan fingerprint density at radius 1 is 1.30 bits per heavy atom. The maximum Gasteiger partial charge on any atom is 0.318 e. The number of likely N-dealkylation sites (tertiary alicyclic amines) is 1. The molecule has 1 atom stereocenters. The summed E-state index contributed by atoms with van der Waals surface area (Å²) >= 11 is 0. The van der Waals surface area contributed by atoms with Crippen LogP contribution in [0, 0.1) is 13.8 Å². The number of urea groups is 1. The fourth-order valence-electron chi connectivity index (χ4n) is 4.01. The van der Waals surface area contributed by atoms with E-state index < -0.39 is 10.0 Å². The molecule has 3 rings (SSSR count). The molecule has 2 aliphatic rings. The Kier molecular flexibility index (Phi) is 5.67. The van der Waals surface area contributed by atoms with E-state index in [4.69, 9.17) is 4.74 Å². The third-order valence-corrected chi connectivity index (χ3v) is 7.08. The van der Waals surface area contributed by atoms with Crippen molar-refractivity contribution in [3.63, 3.8) is 0 Å². The molecule has 8 heteroatoms. The summed E-state index contributed by atoms with van der Waals surface area (Å²) in [5.74, 6) is 0.880. The molecule has 1 unspecified atom stereocenters. The Hall–Kier alpha value is -1.80. The molecule has 1 saturated heterocycles. The first-order chi connectivity index (χ1) is 12.7. The minimum absolute atomic E-state index is 0.0322. The average molecular weight is 396 g/mol. The lowest BCUT2D eigenvalue weighted by atomic mass is 10.0. The molecule has 1 aromatic rings. The molecule has 0 saturated carbocycles. The summed E-state index contributed by atoms with van der Waals surface area (Å²) in [6.45, 7) is 7.94. The van der Waals surface area contributed by atoms with Gasteiger partial charge >= 0.3 is 6.03 Å². The van der Waals surface area contributed by atoms with E-state index in [1.165, 1.54) is 16.1 Å². The van der Waals surface area contributed by atoms with Gasteiger partial charge in [0.1, 0.15) is 12.4 Å². The zero-order valence-electron chi connectivity index (χ0n) is 16.5. The Labute approximate surface area is 161 Å². The smallest absolute Gasteiger partial charge is 0.318 e. The van der Waals surface area contributed by atoms with Crippen LogP contribution in [-0.4, -0.2) is 62.2 Å². The lowest BCUT2D eigenvalue weighted by molar-refractivity contribution is 0.155. The number of hydrogen-bond acceptors (Lipinski definition) is 4. The number of piperidine rings is 1. The van der Waals surface area contributed by atoms with Gasteiger partial charge in [-0.3, -0.25) is 0 Å². The van der Waals surface area contributed by atoms with E-state index >= 15 is 0 Å². The summed E-state index contributed by atoms with van der Waals surface area (Å²) in [5.41, 5.74) is 3.32. The number of nitrogens with zero attached hydrogens (tertiary/aromatic N) is 2. The predicted molar refractivity (Wildman–Crippen MR) is 105 cm³/mol. The van der Waals surface area contributed by atoms with Crippen molar-refractivity contribution >= 4 is 16.1 Å². The lowest BCUT2D eigenvalue weighted by Gasteiger charge is -2.37. The molecule has 150 valence electrons. The van der Waals surface area contributed by atoms with Crippen LogP contribution in [0.2, 0.25) is 0 Å². The molecule has 2 amide bonds. The molecule has 0 spiro atoms. The number of hydrogen-bond donors (Lipinski definition) is 1. The second kappa shape index (κ2) is 7.67. The highest BCUT2D eigenvalue weighted by Gasteiger charge is 2.33. The maximum absolute atomic E-state index is 12.7. The first-order valence-electron chi connectivity index (χ1n) is 9.47. The standard InChI is InChI=1S/C19H29N3O4S/c1-5-22(27(4,24)25)15-8-10-21(11-9-15)19(23)20-17-12-26-18-14(3)13(2)6-7-16(17)18/h6-7,15,17H,5,8-12H2,1-4H3,(H,20,23). The molecular weight excluding hydrogens is 366 g/mol. The first kappa shape index (κ1) is 19.9. The van der Waals surface area contributed by atoms with E-state index in [0.29, 0.717) is 39.1 Å². The summed E-state index contributed by atoms with van der Waals surface area (Å²) in [7, 11) is -3.21. The number of sulfonamides is 1. The van der Waals surface area contributed by atoms with Crippen molar-refractivity contribution in [3.8, 4) is 5.75 Å². The van der Waals surface area contributed by atoms with E-state index in [1.54, 1.807) is 4.90 Å². The first-order valence-corrected chi connectivity index (χ1v) is 11.3. The minimum atomic E-state index is -3.21. The van der Waals surface area contributed by atoms with Crippen molar-refractivity contribution in [1.29, 1.82) is 0 Å². The number of fused-ring (bicyclic) bond motifs is 1. The number of nitrogens with one attached hydrogen (secondary N) is 1. The molecule has 1 N–H and O–H groups in total. The van der Waals surface area contributed by atoms with Crippen LogP contribution in [-0.2, 0) is 10.0 Å². The monoisotopic (exact) mass is 395 g/mol. The second-order valence-corrected chi connectivity index (χ2v) is 9.36. The van der Waals surface area contributed by atoms with E-state index in [9.17, 15) is 13.2 Å². The van der Waals surface area contributed by atoms with Crippen molar-refractivity contribution in [3.05, 3.63) is 28.8 Å². The lowest BCUT2D eigenvalue weighted by Crippen LogP contribution is -2.51. The van der Waals surface area contributed by atoms with E-state index in [1.807, 2.05) is 26.8 Å². The molecule has 2 aliphatic heterocycles. The van der Waals surface area contributed by atoms with Gasteiger partial charge in [0.15, 0.2) is 0 Å². The molecule has 1 aromatic carbocycles. The third-order valence-electron chi connectivity index (χ3n) is 5.67. The molecule has 1 fully saturated rings. The highest BCUT2D eigenvalue weighted by atomic mass is 32.2. The number of carbonyl (C=O) groups is 1. The minimum Gasteiger partial charge on any atom is -0.490 e. The number of ether oxygens (including phenoxy) is 1. The number of amides is 2. The average Bonchev–Trinajstić information content (AvgIpc) is 3.01. The SMILES string of the molecule is CCN(C1CCN(C(=O)NC2COc3c2ccc(C)c3C)CC1)S(C)(=O)=O. The van der Waals surface area contributed by atoms with Crippen LogP contribution in [0.4, 0.5) is 4.79 Å². The molecular formula is C19H29N3O4S. The van der Waals surface area contributed by atoms with Crippen LogP contribution in [0.3, 0.4) is 0 Å². The van der Waals surface area contributed by atoms with Gasteiger partial charge in [-0.15, -0.1) is 0 Å². The quantitative estimate of drug-likeness (QED) is 0.848. The van der Waals surface area contributed by atoms with Crippen molar-refractivity contribution < 1.29 is 17.9 Å². The van der Waals surface area contributed by atoms with Gasteiger partial charge in [0.25, 0.3) is 0 Å². The van der Waals surface area contributed by atoms with E-state index in [-0.39, 0.29) is 18.1 Å². The maximum atomic E-state index is 12.7. The van der Waals surface area contributed by atoms with Crippen molar-refractivity contribution in [1.82, 2.24) is 14.5 Å². The topological polar surface area (TPSA) is 79.0 Å². The molecule has 27 heavy (non-hydrogen) atoms. The molecule has 0 aliphatic carbocycles. The second-order valence-electron chi connectivity index (χ2n) is 7.42. The normalized spacial score (nSPS) is 20.5. The molecule has 7 nitrogen and oxygen atoms in total. The van der Waals surface area contributed by atoms with Gasteiger partial charge in [-0.1, -0.05) is 19.1 Å². The highest BCUT2D eigenvalue weighted by Crippen LogP contribution is 2.36. The Morgan fingerprint density at radius 3 is 2.56 bits per heavy atom. The third kappa shape index (κ3) is 4.06.